The maximum Gasteiger partial charge on any atom is 0.359 e. The van der Waals surface area contributed by atoms with Gasteiger partial charge in [0.15, 0.2) is 5.69 Å². The minimum absolute atomic E-state index is 0.125. The summed E-state index contributed by atoms with van der Waals surface area (Å²) in [5.74, 6) is -0.392. The molecule has 0 bridgehead atoms. The predicted molar refractivity (Wildman–Crippen MR) is 102 cm³/mol. The van der Waals surface area contributed by atoms with Crippen LogP contribution in [-0.2, 0) is 27.7 Å². The van der Waals surface area contributed by atoms with E-state index in [0.717, 1.165) is 17.8 Å². The molecule has 1 aliphatic heterocycles. The first-order valence-electron chi connectivity index (χ1n) is 9.29. The summed E-state index contributed by atoms with van der Waals surface area (Å²) in [5.41, 5.74) is 2.55. The number of sulfonamides is 1. The number of para-hydroxylation sites is 1. The third kappa shape index (κ3) is 4.06. The monoisotopic (exact) mass is 391 g/mol. The van der Waals surface area contributed by atoms with Gasteiger partial charge in [-0.25, -0.2) is 17.9 Å². The predicted octanol–water partition coefficient (Wildman–Crippen LogP) is 2.54. The SMILES string of the molecule is CCCCS(=O)(=O)N1CCc2c(c(C(=O)OCC)nn2-c2ccccc2)C1. The van der Waals surface area contributed by atoms with Gasteiger partial charge in [0.05, 0.1) is 23.7 Å². The molecule has 2 heterocycles. The van der Waals surface area contributed by atoms with Crippen LogP contribution in [0.25, 0.3) is 5.69 Å². The lowest BCUT2D eigenvalue weighted by Crippen LogP contribution is -2.38. The van der Waals surface area contributed by atoms with Crippen molar-refractivity contribution in [2.75, 3.05) is 18.9 Å². The van der Waals surface area contributed by atoms with Crippen LogP contribution in [0.4, 0.5) is 0 Å². The number of hydrogen-bond donors (Lipinski definition) is 0. The minimum Gasteiger partial charge on any atom is -0.461 e. The van der Waals surface area contributed by atoms with Gasteiger partial charge < -0.3 is 4.74 Å². The second-order valence-electron chi connectivity index (χ2n) is 6.49. The second kappa shape index (κ2) is 8.22. The molecule has 1 aromatic heterocycles. The Bertz CT molecular complexity index is 907. The van der Waals surface area contributed by atoms with E-state index in [4.69, 9.17) is 4.74 Å². The highest BCUT2D eigenvalue weighted by atomic mass is 32.2. The molecule has 0 aliphatic carbocycles. The van der Waals surface area contributed by atoms with Crippen LogP contribution < -0.4 is 0 Å². The number of fused-ring (bicyclic) bond motifs is 1. The van der Waals surface area contributed by atoms with Crippen LogP contribution >= 0.6 is 0 Å². The van der Waals surface area contributed by atoms with Gasteiger partial charge in [-0.2, -0.15) is 9.40 Å². The van der Waals surface area contributed by atoms with Crippen molar-refractivity contribution < 1.29 is 17.9 Å². The number of hydrogen-bond acceptors (Lipinski definition) is 5. The molecule has 2 aromatic rings. The van der Waals surface area contributed by atoms with E-state index in [1.807, 2.05) is 37.3 Å². The molecule has 0 unspecified atom stereocenters. The topological polar surface area (TPSA) is 81.5 Å². The number of nitrogens with zero attached hydrogens (tertiary/aromatic N) is 3. The molecule has 146 valence electrons. The molecule has 27 heavy (non-hydrogen) atoms. The minimum atomic E-state index is -3.35. The fourth-order valence-electron chi connectivity index (χ4n) is 3.23. The molecule has 0 amide bonds. The van der Waals surface area contributed by atoms with Crippen molar-refractivity contribution in [1.29, 1.82) is 0 Å². The van der Waals surface area contributed by atoms with E-state index in [2.05, 4.69) is 5.10 Å². The van der Waals surface area contributed by atoms with Gasteiger partial charge in [0.1, 0.15) is 0 Å². The Morgan fingerprint density at radius 2 is 1.96 bits per heavy atom. The number of benzene rings is 1. The van der Waals surface area contributed by atoms with E-state index < -0.39 is 16.0 Å². The van der Waals surface area contributed by atoms with Gasteiger partial charge in [0.2, 0.25) is 10.0 Å². The number of aromatic nitrogens is 2. The summed E-state index contributed by atoms with van der Waals surface area (Å²) >= 11 is 0. The summed E-state index contributed by atoms with van der Waals surface area (Å²) in [4.78, 5) is 12.4. The maximum atomic E-state index is 12.6. The summed E-state index contributed by atoms with van der Waals surface area (Å²) < 4.78 is 33.6. The molecule has 7 nitrogen and oxygen atoms in total. The lowest BCUT2D eigenvalue weighted by molar-refractivity contribution is 0.0517. The van der Waals surface area contributed by atoms with Gasteiger partial charge in [-0.1, -0.05) is 31.5 Å². The third-order valence-electron chi connectivity index (χ3n) is 4.64. The van der Waals surface area contributed by atoms with E-state index in [1.54, 1.807) is 11.6 Å². The number of esters is 1. The van der Waals surface area contributed by atoms with Crippen molar-refractivity contribution in [3.63, 3.8) is 0 Å². The molecule has 0 saturated heterocycles. The van der Waals surface area contributed by atoms with Gasteiger partial charge >= 0.3 is 5.97 Å². The van der Waals surface area contributed by atoms with Crippen LogP contribution in [0.15, 0.2) is 30.3 Å². The molecule has 3 rings (SSSR count). The molecule has 0 atom stereocenters. The lowest BCUT2D eigenvalue weighted by atomic mass is 10.1. The summed E-state index contributed by atoms with van der Waals surface area (Å²) in [6.45, 7) is 4.49. The Morgan fingerprint density at radius 1 is 1.22 bits per heavy atom. The van der Waals surface area contributed by atoms with Crippen molar-refractivity contribution in [2.24, 2.45) is 0 Å². The van der Waals surface area contributed by atoms with E-state index >= 15 is 0 Å². The first-order chi connectivity index (χ1) is 13.0. The zero-order valence-electron chi connectivity index (χ0n) is 15.7. The smallest absolute Gasteiger partial charge is 0.359 e. The van der Waals surface area contributed by atoms with E-state index in [0.29, 0.717) is 24.9 Å². The summed E-state index contributed by atoms with van der Waals surface area (Å²) in [7, 11) is -3.35. The fraction of sp³-hybridized carbons (Fsp3) is 0.474. The number of rotatable bonds is 7. The highest BCUT2D eigenvalue weighted by Crippen LogP contribution is 2.27. The molecule has 0 spiro atoms. The number of carbonyl (C=O) groups is 1. The summed E-state index contributed by atoms with van der Waals surface area (Å²) in [6.07, 6.45) is 1.94. The van der Waals surface area contributed by atoms with Crippen molar-refractivity contribution in [3.8, 4) is 5.69 Å². The molecule has 0 N–H and O–H groups in total. The number of ether oxygens (including phenoxy) is 1. The fourth-order valence-corrected chi connectivity index (χ4v) is 4.84. The van der Waals surface area contributed by atoms with Gasteiger partial charge in [-0.3, -0.25) is 0 Å². The van der Waals surface area contributed by atoms with Gasteiger partial charge in [0, 0.05) is 25.1 Å². The normalized spacial score (nSPS) is 14.7. The van der Waals surface area contributed by atoms with E-state index in [-0.39, 0.29) is 24.6 Å². The standard InChI is InChI=1S/C19H25N3O4S/c1-3-5-13-27(24,25)21-12-11-17-16(14-21)18(19(23)26-4-2)20-22(17)15-9-7-6-8-10-15/h6-10H,3-5,11-14H2,1-2H3. The van der Waals surface area contributed by atoms with Crippen LogP contribution in [-0.4, -0.2) is 47.4 Å². The largest absolute Gasteiger partial charge is 0.461 e. The molecule has 1 aromatic carbocycles. The van der Waals surface area contributed by atoms with E-state index in [9.17, 15) is 13.2 Å². The number of carbonyl (C=O) groups excluding carboxylic acids is 1. The third-order valence-corrected chi connectivity index (χ3v) is 6.54. The summed E-state index contributed by atoms with van der Waals surface area (Å²) in [6, 6.07) is 9.53. The van der Waals surface area contributed by atoms with Crippen molar-refractivity contribution in [2.45, 2.75) is 39.7 Å². The van der Waals surface area contributed by atoms with Crippen LogP contribution in [0, 0.1) is 0 Å². The van der Waals surface area contributed by atoms with Gasteiger partial charge in [-0.15, -0.1) is 0 Å². The molecular weight excluding hydrogens is 366 g/mol. The van der Waals surface area contributed by atoms with Crippen molar-refractivity contribution >= 4 is 16.0 Å². The van der Waals surface area contributed by atoms with Gasteiger partial charge in [0.25, 0.3) is 0 Å². The van der Waals surface area contributed by atoms with Crippen LogP contribution in [0.1, 0.15) is 48.4 Å². The second-order valence-corrected chi connectivity index (χ2v) is 8.58. The van der Waals surface area contributed by atoms with Crippen molar-refractivity contribution in [1.82, 2.24) is 14.1 Å². The maximum absolute atomic E-state index is 12.6. The lowest BCUT2D eigenvalue weighted by Gasteiger charge is -2.27. The molecule has 0 radical (unpaired) electrons. The number of unbranched alkanes of at least 4 members (excludes halogenated alkanes) is 1. The average molecular weight is 391 g/mol. The Labute approximate surface area is 160 Å². The Hall–Kier alpha value is -2.19. The highest BCUT2D eigenvalue weighted by molar-refractivity contribution is 7.89. The van der Waals surface area contributed by atoms with Crippen LogP contribution in [0.3, 0.4) is 0 Å². The zero-order chi connectivity index (χ0) is 19.4. The van der Waals surface area contributed by atoms with E-state index in [1.165, 1.54) is 4.31 Å². The van der Waals surface area contributed by atoms with Crippen molar-refractivity contribution in [3.05, 3.63) is 47.3 Å². The van der Waals surface area contributed by atoms with Crippen LogP contribution in [0.2, 0.25) is 0 Å². The first kappa shape index (κ1) is 19.6. The molecule has 1 aliphatic rings. The first-order valence-corrected chi connectivity index (χ1v) is 10.9. The van der Waals surface area contributed by atoms with Crippen LogP contribution in [0.5, 0.6) is 0 Å². The molecule has 0 fully saturated rings. The quantitative estimate of drug-likeness (QED) is 0.678. The average Bonchev–Trinajstić information content (AvgIpc) is 3.06. The van der Waals surface area contributed by atoms with Gasteiger partial charge in [-0.05, 0) is 25.5 Å². The highest BCUT2D eigenvalue weighted by Gasteiger charge is 2.33. The zero-order valence-corrected chi connectivity index (χ0v) is 16.5. The molecule has 0 saturated carbocycles. The molecular formula is C19H25N3O4S. The Kier molecular flexibility index (Phi) is 5.96. The Balaban J connectivity index is 2.01. The Morgan fingerprint density at radius 3 is 2.63 bits per heavy atom. The molecule has 8 heteroatoms. The summed E-state index contributed by atoms with van der Waals surface area (Å²) in [5, 5.41) is 4.48.